The number of nitrogens with zero attached hydrogens (tertiary/aromatic N) is 3. The second-order valence-corrected chi connectivity index (χ2v) is 5.94. The van der Waals surface area contributed by atoms with Crippen molar-refractivity contribution in [2.45, 2.75) is 13.1 Å². The van der Waals surface area contributed by atoms with Crippen LogP contribution in [0.5, 0.6) is 0 Å². The minimum atomic E-state index is -0.140. The van der Waals surface area contributed by atoms with E-state index in [9.17, 15) is 4.79 Å². The van der Waals surface area contributed by atoms with Crippen molar-refractivity contribution in [1.82, 2.24) is 14.9 Å². The Labute approximate surface area is 150 Å². The highest BCUT2D eigenvalue weighted by atomic mass is 16.3. The zero-order valence-corrected chi connectivity index (χ0v) is 14.2. The molecule has 3 heterocycles. The second kappa shape index (κ2) is 6.73. The van der Waals surface area contributed by atoms with Crippen molar-refractivity contribution in [2.75, 3.05) is 0 Å². The lowest BCUT2D eigenvalue weighted by Crippen LogP contribution is -2.22. The maximum atomic E-state index is 12.3. The summed E-state index contributed by atoms with van der Waals surface area (Å²) in [7, 11) is 1.90. The minimum Gasteiger partial charge on any atom is -0.467 e. The lowest BCUT2D eigenvalue weighted by atomic mass is 10.0. The molecule has 0 bridgehead atoms. The number of benzene rings is 1. The van der Waals surface area contributed by atoms with Gasteiger partial charge in [0.25, 0.3) is 5.91 Å². The molecule has 0 atom stereocenters. The molecule has 6 heteroatoms. The van der Waals surface area contributed by atoms with Crippen LogP contribution in [0.2, 0.25) is 0 Å². The van der Waals surface area contributed by atoms with E-state index in [1.54, 1.807) is 30.9 Å². The molecule has 0 unspecified atom stereocenters. The molecule has 1 aliphatic heterocycles. The van der Waals surface area contributed by atoms with Gasteiger partial charge in [-0.05, 0) is 41.7 Å². The number of carbonyl (C=O) groups excluding carboxylic acids is 1. The number of hydrogen-bond donors (Lipinski definition) is 1. The van der Waals surface area contributed by atoms with Gasteiger partial charge in [-0.3, -0.25) is 9.79 Å². The number of carbonyl (C=O) groups is 1. The summed E-state index contributed by atoms with van der Waals surface area (Å²) in [6.45, 7) is 0.894. The third-order valence-electron chi connectivity index (χ3n) is 4.16. The fraction of sp³-hybridized carbons (Fsp3) is 0.150. The third-order valence-corrected chi connectivity index (χ3v) is 4.16. The maximum Gasteiger partial charge on any atom is 0.251 e. The molecule has 3 aromatic rings. The SMILES string of the molecule is Cn1cncc1C#CC1=NCc2cc(C(=O)NCc3ccco3)ccc21. The fourth-order valence-electron chi connectivity index (χ4n) is 2.74. The highest BCUT2D eigenvalue weighted by molar-refractivity contribution is 6.15. The number of rotatable bonds is 3. The fourth-order valence-corrected chi connectivity index (χ4v) is 2.74. The predicted octanol–water partition coefficient (Wildman–Crippen LogP) is 2.30. The molecule has 1 amide bonds. The van der Waals surface area contributed by atoms with Crippen LogP contribution in [0.15, 0.2) is 58.5 Å². The first kappa shape index (κ1) is 15.9. The Morgan fingerprint density at radius 1 is 1.35 bits per heavy atom. The van der Waals surface area contributed by atoms with Crippen molar-refractivity contribution in [3.63, 3.8) is 0 Å². The number of aryl methyl sites for hydroxylation is 1. The monoisotopic (exact) mass is 344 g/mol. The van der Waals surface area contributed by atoms with E-state index in [0.29, 0.717) is 18.7 Å². The van der Waals surface area contributed by atoms with E-state index in [2.05, 4.69) is 27.1 Å². The molecular formula is C20H16N4O2. The Hall–Kier alpha value is -3.59. The zero-order chi connectivity index (χ0) is 17.9. The third kappa shape index (κ3) is 3.15. The number of aliphatic imine (C=N–C) groups is 1. The van der Waals surface area contributed by atoms with Crippen molar-refractivity contribution >= 4 is 11.6 Å². The Kier molecular flexibility index (Phi) is 4.12. The molecule has 0 spiro atoms. The van der Waals surface area contributed by atoms with Gasteiger partial charge in [-0.25, -0.2) is 4.98 Å². The van der Waals surface area contributed by atoms with Gasteiger partial charge < -0.3 is 14.3 Å². The van der Waals surface area contributed by atoms with Gasteiger partial charge in [-0.2, -0.15) is 0 Å². The number of imidazole rings is 1. The largest absolute Gasteiger partial charge is 0.467 e. The molecule has 0 saturated carbocycles. The number of furan rings is 1. The molecule has 128 valence electrons. The Bertz CT molecular complexity index is 1050. The summed E-state index contributed by atoms with van der Waals surface area (Å²) in [5.74, 6) is 6.76. The molecular weight excluding hydrogens is 328 g/mol. The maximum absolute atomic E-state index is 12.3. The molecule has 0 saturated heterocycles. The van der Waals surface area contributed by atoms with Crippen LogP contribution >= 0.6 is 0 Å². The van der Waals surface area contributed by atoms with Gasteiger partial charge >= 0.3 is 0 Å². The van der Waals surface area contributed by atoms with Gasteiger partial charge in [0.05, 0.1) is 31.9 Å². The minimum absolute atomic E-state index is 0.140. The number of nitrogens with one attached hydrogen (secondary N) is 1. The van der Waals surface area contributed by atoms with E-state index in [-0.39, 0.29) is 5.91 Å². The van der Waals surface area contributed by atoms with E-state index in [4.69, 9.17) is 4.42 Å². The number of amides is 1. The van der Waals surface area contributed by atoms with E-state index >= 15 is 0 Å². The number of fused-ring (bicyclic) bond motifs is 1. The highest BCUT2D eigenvalue weighted by Crippen LogP contribution is 2.20. The molecule has 0 aliphatic carbocycles. The van der Waals surface area contributed by atoms with E-state index in [0.717, 1.165) is 28.3 Å². The summed E-state index contributed by atoms with van der Waals surface area (Å²) in [5.41, 5.74) is 4.15. The van der Waals surface area contributed by atoms with Crippen molar-refractivity contribution in [2.24, 2.45) is 12.0 Å². The normalized spacial score (nSPS) is 12.1. The first-order valence-corrected chi connectivity index (χ1v) is 8.17. The molecule has 6 nitrogen and oxygen atoms in total. The smallest absolute Gasteiger partial charge is 0.251 e. The van der Waals surface area contributed by atoms with Crippen LogP contribution in [0.25, 0.3) is 0 Å². The number of hydrogen-bond acceptors (Lipinski definition) is 4. The van der Waals surface area contributed by atoms with Crippen LogP contribution in [-0.2, 0) is 20.1 Å². The van der Waals surface area contributed by atoms with Crippen molar-refractivity contribution in [3.05, 3.63) is 77.3 Å². The Morgan fingerprint density at radius 2 is 2.27 bits per heavy atom. The average molecular weight is 344 g/mol. The molecule has 0 radical (unpaired) electrons. The Balaban J connectivity index is 1.48. The second-order valence-electron chi connectivity index (χ2n) is 5.94. The van der Waals surface area contributed by atoms with Crippen LogP contribution in [0, 0.1) is 11.8 Å². The summed E-state index contributed by atoms with van der Waals surface area (Å²) in [5, 5.41) is 2.85. The van der Waals surface area contributed by atoms with Crippen molar-refractivity contribution in [1.29, 1.82) is 0 Å². The van der Waals surface area contributed by atoms with Crippen LogP contribution in [0.3, 0.4) is 0 Å². The summed E-state index contributed by atoms with van der Waals surface area (Å²) in [6.07, 6.45) is 5.01. The van der Waals surface area contributed by atoms with Gasteiger partial charge in [0.15, 0.2) is 0 Å². The first-order valence-electron chi connectivity index (χ1n) is 8.17. The van der Waals surface area contributed by atoms with E-state index in [1.807, 2.05) is 29.8 Å². The molecule has 1 N–H and O–H groups in total. The molecule has 1 aromatic carbocycles. The molecule has 1 aliphatic rings. The summed E-state index contributed by atoms with van der Waals surface area (Å²) in [4.78, 5) is 20.8. The average Bonchev–Trinajstić information content (AvgIpc) is 3.39. The first-order chi connectivity index (χ1) is 12.7. The van der Waals surface area contributed by atoms with Crippen LogP contribution in [-0.4, -0.2) is 21.2 Å². The molecule has 4 rings (SSSR count). The summed E-state index contributed by atoms with van der Waals surface area (Å²) in [6, 6.07) is 9.19. The summed E-state index contributed by atoms with van der Waals surface area (Å²) < 4.78 is 7.08. The van der Waals surface area contributed by atoms with Gasteiger partial charge in [0.2, 0.25) is 0 Å². The topological polar surface area (TPSA) is 72.4 Å². The number of aromatic nitrogens is 2. The quantitative estimate of drug-likeness (QED) is 0.741. The van der Waals surface area contributed by atoms with Gasteiger partial charge in [0.1, 0.15) is 17.2 Å². The van der Waals surface area contributed by atoms with E-state index < -0.39 is 0 Å². The summed E-state index contributed by atoms with van der Waals surface area (Å²) >= 11 is 0. The van der Waals surface area contributed by atoms with Gasteiger partial charge in [0, 0.05) is 18.2 Å². The molecule has 26 heavy (non-hydrogen) atoms. The molecule has 2 aromatic heterocycles. The lowest BCUT2D eigenvalue weighted by molar-refractivity contribution is 0.0948. The van der Waals surface area contributed by atoms with Gasteiger partial charge in [-0.15, -0.1) is 0 Å². The zero-order valence-electron chi connectivity index (χ0n) is 14.2. The van der Waals surface area contributed by atoms with Crippen molar-refractivity contribution in [3.8, 4) is 11.8 Å². The standard InChI is InChI=1S/C20H16N4O2/c1-24-13-21-11-16(24)5-7-19-18-6-4-14(9-15(18)10-22-19)20(25)23-12-17-3-2-8-26-17/h2-4,6,8-9,11,13H,10,12H2,1H3,(H,23,25). The Morgan fingerprint density at radius 3 is 3.04 bits per heavy atom. The van der Waals surface area contributed by atoms with Crippen LogP contribution in [0.1, 0.15) is 32.9 Å². The molecule has 0 fully saturated rings. The predicted molar refractivity (Wildman–Crippen MR) is 96.6 cm³/mol. The van der Waals surface area contributed by atoms with E-state index in [1.165, 1.54) is 0 Å². The van der Waals surface area contributed by atoms with Gasteiger partial charge in [-0.1, -0.05) is 6.07 Å². The van der Waals surface area contributed by atoms with Crippen LogP contribution in [0.4, 0.5) is 0 Å². The van der Waals surface area contributed by atoms with Crippen LogP contribution < -0.4 is 5.32 Å². The lowest BCUT2D eigenvalue weighted by Gasteiger charge is -2.05. The van der Waals surface area contributed by atoms with Crippen molar-refractivity contribution < 1.29 is 9.21 Å². The highest BCUT2D eigenvalue weighted by Gasteiger charge is 2.17.